The van der Waals surface area contributed by atoms with Gasteiger partial charge in [0.05, 0.1) is 10.5 Å². The van der Waals surface area contributed by atoms with Crippen molar-refractivity contribution in [2.45, 2.75) is 50.0 Å². The van der Waals surface area contributed by atoms with Gasteiger partial charge in [-0.25, -0.2) is 11.0 Å². The summed E-state index contributed by atoms with van der Waals surface area (Å²) in [5.41, 5.74) is 3.25. The maximum Gasteiger partial charge on any atom is 0.257 e. The van der Waals surface area contributed by atoms with Gasteiger partial charge >= 0.3 is 0 Å². The lowest BCUT2D eigenvalue weighted by molar-refractivity contribution is -0.129. The minimum atomic E-state index is -0.464. The maximum atomic E-state index is 11.4. The van der Waals surface area contributed by atoms with Crippen LogP contribution in [0.3, 0.4) is 0 Å². The molecular formula is C10H20N2O4S2. The van der Waals surface area contributed by atoms with E-state index in [1.54, 1.807) is 11.0 Å². The Hall–Kier alpha value is -0.440. The number of hydrogen-bond acceptors (Lipinski definition) is 6. The zero-order chi connectivity index (χ0) is 14.0. The van der Waals surface area contributed by atoms with E-state index in [1.807, 2.05) is 13.8 Å². The normalized spacial score (nSPS) is 13.8. The van der Waals surface area contributed by atoms with Crippen LogP contribution in [0, 0.1) is 0 Å². The highest BCUT2D eigenvalue weighted by molar-refractivity contribution is 8.77. The highest BCUT2D eigenvalue weighted by atomic mass is 33.1. The molecule has 0 fully saturated rings. The molecule has 0 aliphatic carbocycles. The van der Waals surface area contributed by atoms with Crippen molar-refractivity contribution in [1.82, 2.24) is 11.0 Å². The lowest BCUT2D eigenvalue weighted by Gasteiger charge is -2.17. The van der Waals surface area contributed by atoms with E-state index in [0.29, 0.717) is 12.8 Å². The van der Waals surface area contributed by atoms with Crippen LogP contribution < -0.4 is 11.0 Å². The van der Waals surface area contributed by atoms with Crippen LogP contribution in [-0.4, -0.2) is 32.7 Å². The van der Waals surface area contributed by atoms with Crippen molar-refractivity contribution in [3.8, 4) is 0 Å². The standard InChI is InChI=1S/C10H20N2O4S2/c1-3-5-7(9(13)11-15)17-18-8(6-4-2)10(14)12-16/h7-8,15-16H,3-6H2,1-2H3,(H,11,13)(H,12,14). The molecular weight excluding hydrogens is 276 g/mol. The number of hydrogen-bond donors (Lipinski definition) is 4. The molecule has 6 nitrogen and oxygen atoms in total. The van der Waals surface area contributed by atoms with E-state index >= 15 is 0 Å². The van der Waals surface area contributed by atoms with Crippen molar-refractivity contribution in [1.29, 1.82) is 0 Å². The second-order valence-electron chi connectivity index (χ2n) is 3.70. The number of amides is 2. The summed E-state index contributed by atoms with van der Waals surface area (Å²) in [6.07, 6.45) is 2.83. The number of carbonyl (C=O) groups excluding carboxylic acids is 2. The third-order valence-electron chi connectivity index (χ3n) is 2.19. The molecule has 18 heavy (non-hydrogen) atoms. The van der Waals surface area contributed by atoms with E-state index in [4.69, 9.17) is 10.4 Å². The maximum absolute atomic E-state index is 11.4. The average molecular weight is 296 g/mol. The highest BCUT2D eigenvalue weighted by Crippen LogP contribution is 2.35. The Balaban J connectivity index is 4.35. The van der Waals surface area contributed by atoms with Gasteiger partial charge in [0.15, 0.2) is 0 Å². The van der Waals surface area contributed by atoms with Gasteiger partial charge in [-0.1, -0.05) is 48.3 Å². The lowest BCUT2D eigenvalue weighted by Crippen LogP contribution is -2.32. The van der Waals surface area contributed by atoms with Crippen molar-refractivity contribution in [3.05, 3.63) is 0 Å². The van der Waals surface area contributed by atoms with E-state index in [-0.39, 0.29) is 0 Å². The lowest BCUT2D eigenvalue weighted by atomic mass is 10.2. The first-order valence-electron chi connectivity index (χ1n) is 5.80. The van der Waals surface area contributed by atoms with E-state index in [9.17, 15) is 9.59 Å². The molecule has 0 saturated carbocycles. The fraction of sp³-hybridized carbons (Fsp3) is 0.800. The molecule has 0 aliphatic heterocycles. The summed E-state index contributed by atoms with van der Waals surface area (Å²) < 4.78 is 0. The SMILES string of the molecule is CCCC(SSC(CCC)C(=O)NO)C(=O)NO. The van der Waals surface area contributed by atoms with Crippen LogP contribution in [0.15, 0.2) is 0 Å². The third kappa shape index (κ3) is 6.48. The van der Waals surface area contributed by atoms with E-state index in [2.05, 4.69) is 0 Å². The number of carbonyl (C=O) groups is 2. The van der Waals surface area contributed by atoms with Crippen molar-refractivity contribution >= 4 is 33.4 Å². The molecule has 2 amide bonds. The van der Waals surface area contributed by atoms with Crippen molar-refractivity contribution in [2.24, 2.45) is 0 Å². The van der Waals surface area contributed by atoms with Crippen molar-refractivity contribution < 1.29 is 20.0 Å². The molecule has 2 unspecified atom stereocenters. The van der Waals surface area contributed by atoms with Gasteiger partial charge in [-0.2, -0.15) is 0 Å². The molecule has 0 aliphatic rings. The van der Waals surface area contributed by atoms with Crippen molar-refractivity contribution in [3.63, 3.8) is 0 Å². The minimum Gasteiger partial charge on any atom is -0.289 e. The Morgan fingerprint density at radius 3 is 1.50 bits per heavy atom. The van der Waals surface area contributed by atoms with Gasteiger partial charge in [-0.05, 0) is 12.8 Å². The average Bonchev–Trinajstić information content (AvgIpc) is 2.40. The molecule has 0 saturated heterocycles. The molecule has 0 aromatic carbocycles. The summed E-state index contributed by atoms with van der Waals surface area (Å²) >= 11 is 0. The van der Waals surface area contributed by atoms with Gasteiger partial charge in [0.25, 0.3) is 11.8 Å². The summed E-state index contributed by atoms with van der Waals surface area (Å²) in [7, 11) is 2.49. The van der Waals surface area contributed by atoms with Gasteiger partial charge in [-0.15, -0.1) is 0 Å². The second kappa shape index (κ2) is 10.5. The van der Waals surface area contributed by atoms with Crippen LogP contribution in [0.25, 0.3) is 0 Å². The first kappa shape index (κ1) is 17.6. The predicted molar refractivity (Wildman–Crippen MR) is 72.4 cm³/mol. The third-order valence-corrected chi connectivity index (χ3v) is 5.40. The summed E-state index contributed by atoms with van der Waals surface area (Å²) in [6, 6.07) is 0. The zero-order valence-corrected chi connectivity index (χ0v) is 12.1. The van der Waals surface area contributed by atoms with Crippen LogP contribution in [0.2, 0.25) is 0 Å². The van der Waals surface area contributed by atoms with E-state index in [1.165, 1.54) is 21.6 Å². The van der Waals surface area contributed by atoms with Crippen molar-refractivity contribution in [2.75, 3.05) is 0 Å². The van der Waals surface area contributed by atoms with E-state index < -0.39 is 22.3 Å². The Morgan fingerprint density at radius 1 is 0.944 bits per heavy atom. The Labute approximate surface area is 115 Å². The van der Waals surface area contributed by atoms with Crippen LogP contribution >= 0.6 is 21.6 Å². The number of rotatable bonds is 9. The molecule has 2 atom stereocenters. The molecule has 0 spiro atoms. The molecule has 0 radical (unpaired) electrons. The molecule has 106 valence electrons. The Kier molecular flexibility index (Phi) is 10.2. The van der Waals surface area contributed by atoms with Gasteiger partial charge in [0.2, 0.25) is 0 Å². The quantitative estimate of drug-likeness (QED) is 0.294. The smallest absolute Gasteiger partial charge is 0.257 e. The predicted octanol–water partition coefficient (Wildman–Crippen LogP) is 1.72. The molecule has 0 rings (SSSR count). The minimum absolute atomic E-state index is 0.407. The molecule has 4 N–H and O–H groups in total. The highest BCUT2D eigenvalue weighted by Gasteiger charge is 2.23. The van der Waals surface area contributed by atoms with Gasteiger partial charge in [-0.3, -0.25) is 20.0 Å². The van der Waals surface area contributed by atoms with E-state index in [0.717, 1.165) is 12.8 Å². The second-order valence-corrected chi connectivity index (χ2v) is 6.38. The number of hydroxylamine groups is 2. The number of nitrogens with one attached hydrogen (secondary N) is 2. The molecule has 0 bridgehead atoms. The summed E-state index contributed by atoms with van der Waals surface area (Å²) in [5.74, 6) is -0.928. The summed E-state index contributed by atoms with van der Waals surface area (Å²) in [4.78, 5) is 22.7. The molecule has 8 heteroatoms. The fourth-order valence-electron chi connectivity index (χ4n) is 1.25. The molecule has 0 aromatic heterocycles. The van der Waals surface area contributed by atoms with Crippen LogP contribution in [0.5, 0.6) is 0 Å². The topological polar surface area (TPSA) is 98.7 Å². The molecule has 0 heterocycles. The van der Waals surface area contributed by atoms with Crippen LogP contribution in [0.1, 0.15) is 39.5 Å². The fourth-order valence-corrected chi connectivity index (χ4v) is 4.37. The first-order valence-corrected chi connectivity index (χ1v) is 8.08. The first-order chi connectivity index (χ1) is 8.60. The Morgan fingerprint density at radius 2 is 1.28 bits per heavy atom. The summed E-state index contributed by atoms with van der Waals surface area (Å²) in [5, 5.41) is 16.4. The van der Waals surface area contributed by atoms with Gasteiger partial charge < -0.3 is 0 Å². The summed E-state index contributed by atoms with van der Waals surface area (Å²) in [6.45, 7) is 3.87. The largest absolute Gasteiger partial charge is 0.289 e. The monoisotopic (exact) mass is 296 g/mol. The zero-order valence-electron chi connectivity index (χ0n) is 10.5. The van der Waals surface area contributed by atoms with Gasteiger partial charge in [0, 0.05) is 0 Å². The molecule has 0 aromatic rings. The Bertz CT molecular complexity index is 240. The van der Waals surface area contributed by atoms with Crippen LogP contribution in [0.4, 0.5) is 0 Å². The van der Waals surface area contributed by atoms with Gasteiger partial charge in [0.1, 0.15) is 0 Å². The van der Waals surface area contributed by atoms with Crippen LogP contribution in [-0.2, 0) is 9.59 Å².